The monoisotopic (exact) mass is 427 g/mol. The van der Waals surface area contributed by atoms with Gasteiger partial charge in [0.2, 0.25) is 0 Å². The van der Waals surface area contributed by atoms with E-state index in [9.17, 15) is 14.7 Å². The third-order valence-electron chi connectivity index (χ3n) is 6.63. The smallest absolute Gasteiger partial charge is 0.295 e. The van der Waals surface area contributed by atoms with E-state index in [0.29, 0.717) is 11.3 Å². The molecule has 5 nitrogen and oxygen atoms in total. The first kappa shape index (κ1) is 20.3. The van der Waals surface area contributed by atoms with Gasteiger partial charge in [-0.25, -0.2) is 0 Å². The first-order valence-electron chi connectivity index (χ1n) is 11.0. The number of ether oxygens (including phenoxy) is 1. The minimum atomic E-state index is -0.639. The SMILES string of the molecule is COc1cccc(C2/C(=C(/O)c3ccc4ccccc4c3)C(=O)C(=O)N2C2CCCC2)c1. The van der Waals surface area contributed by atoms with Crippen molar-refractivity contribution in [2.24, 2.45) is 0 Å². The quantitative estimate of drug-likeness (QED) is 0.352. The molecule has 1 unspecified atom stereocenters. The minimum absolute atomic E-state index is 0.00967. The number of methoxy groups -OCH3 is 1. The Morgan fingerprint density at radius 3 is 2.44 bits per heavy atom. The number of aliphatic hydroxyl groups excluding tert-OH is 1. The van der Waals surface area contributed by atoms with Crippen LogP contribution in [0.25, 0.3) is 16.5 Å². The zero-order chi connectivity index (χ0) is 22.2. The highest BCUT2D eigenvalue weighted by atomic mass is 16.5. The number of amides is 1. The van der Waals surface area contributed by atoms with E-state index in [0.717, 1.165) is 42.0 Å². The van der Waals surface area contributed by atoms with Gasteiger partial charge in [0, 0.05) is 11.6 Å². The highest BCUT2D eigenvalue weighted by Gasteiger charge is 2.49. The second kappa shape index (κ2) is 8.15. The number of Topliss-reactive ketones (excluding diaryl/α,β-unsaturated/α-hetero) is 1. The van der Waals surface area contributed by atoms with Gasteiger partial charge < -0.3 is 14.7 Å². The summed E-state index contributed by atoms with van der Waals surface area (Å²) in [6.07, 6.45) is 3.79. The fraction of sp³-hybridized carbons (Fsp3) is 0.259. The zero-order valence-corrected chi connectivity index (χ0v) is 18.0. The Morgan fingerprint density at radius 1 is 0.938 bits per heavy atom. The van der Waals surface area contributed by atoms with Gasteiger partial charge in [0.15, 0.2) is 0 Å². The molecular weight excluding hydrogens is 402 g/mol. The average Bonchev–Trinajstić information content (AvgIpc) is 3.45. The third kappa shape index (κ3) is 3.34. The molecule has 0 spiro atoms. The van der Waals surface area contributed by atoms with Gasteiger partial charge in [-0.15, -0.1) is 0 Å². The van der Waals surface area contributed by atoms with E-state index in [2.05, 4.69) is 0 Å². The van der Waals surface area contributed by atoms with Crippen LogP contribution in [0.15, 0.2) is 72.3 Å². The van der Waals surface area contributed by atoms with E-state index >= 15 is 0 Å². The molecule has 1 aliphatic carbocycles. The van der Waals surface area contributed by atoms with Crippen molar-refractivity contribution in [1.82, 2.24) is 4.90 Å². The molecule has 1 N–H and O–H groups in total. The second-order valence-electron chi connectivity index (χ2n) is 8.48. The topological polar surface area (TPSA) is 66.8 Å². The Labute approximate surface area is 186 Å². The van der Waals surface area contributed by atoms with Crippen LogP contribution in [0.4, 0.5) is 0 Å². The maximum absolute atomic E-state index is 13.2. The Hall–Kier alpha value is -3.60. The van der Waals surface area contributed by atoms with E-state index in [1.165, 1.54) is 0 Å². The van der Waals surface area contributed by atoms with Crippen LogP contribution in [-0.4, -0.2) is 34.8 Å². The molecule has 5 rings (SSSR count). The van der Waals surface area contributed by atoms with Crippen LogP contribution in [0.5, 0.6) is 5.75 Å². The summed E-state index contributed by atoms with van der Waals surface area (Å²) in [4.78, 5) is 28.1. The Bertz CT molecular complexity index is 1240. The molecule has 1 amide bonds. The van der Waals surface area contributed by atoms with Gasteiger partial charge >= 0.3 is 0 Å². The highest BCUT2D eigenvalue weighted by molar-refractivity contribution is 6.46. The molecule has 3 aromatic carbocycles. The number of nitrogens with zero attached hydrogens (tertiary/aromatic N) is 1. The molecule has 1 aliphatic heterocycles. The molecule has 1 heterocycles. The van der Waals surface area contributed by atoms with Gasteiger partial charge in [0.1, 0.15) is 11.5 Å². The molecule has 1 atom stereocenters. The number of fused-ring (bicyclic) bond motifs is 1. The van der Waals surface area contributed by atoms with Crippen LogP contribution in [0.2, 0.25) is 0 Å². The Balaban J connectivity index is 1.69. The summed E-state index contributed by atoms with van der Waals surface area (Å²) in [5, 5.41) is 13.3. The van der Waals surface area contributed by atoms with Gasteiger partial charge in [0.25, 0.3) is 11.7 Å². The average molecular weight is 428 g/mol. The predicted octanol–water partition coefficient (Wildman–Crippen LogP) is 5.21. The molecule has 0 bridgehead atoms. The highest BCUT2D eigenvalue weighted by Crippen LogP contribution is 2.44. The summed E-state index contributed by atoms with van der Waals surface area (Å²) in [6, 6.07) is 20.2. The van der Waals surface area contributed by atoms with Crippen LogP contribution >= 0.6 is 0 Å². The maximum Gasteiger partial charge on any atom is 0.295 e. The molecule has 2 aliphatic rings. The lowest BCUT2D eigenvalue weighted by atomic mass is 9.94. The Kier molecular flexibility index (Phi) is 5.17. The lowest BCUT2D eigenvalue weighted by molar-refractivity contribution is -0.141. The lowest BCUT2D eigenvalue weighted by Gasteiger charge is -2.31. The molecule has 1 saturated carbocycles. The van der Waals surface area contributed by atoms with Crippen molar-refractivity contribution >= 4 is 28.2 Å². The zero-order valence-electron chi connectivity index (χ0n) is 18.0. The van der Waals surface area contributed by atoms with Gasteiger partial charge in [-0.05, 0) is 47.4 Å². The van der Waals surface area contributed by atoms with Crippen LogP contribution in [0, 0.1) is 0 Å². The van der Waals surface area contributed by atoms with Gasteiger partial charge in [0.05, 0.1) is 18.7 Å². The van der Waals surface area contributed by atoms with Crippen molar-refractivity contribution in [3.8, 4) is 5.75 Å². The number of benzene rings is 3. The predicted molar refractivity (Wildman–Crippen MR) is 123 cm³/mol. The van der Waals surface area contributed by atoms with Crippen molar-refractivity contribution in [3.63, 3.8) is 0 Å². The molecule has 2 fully saturated rings. The standard InChI is InChI=1S/C27H25NO4/c1-32-22-12-6-9-19(16-22)24-23(26(30)27(31)28(24)21-10-4-5-11-21)25(29)20-14-13-17-7-2-3-8-18(17)15-20/h2-3,6-9,12-16,21,24,29H,4-5,10-11H2,1H3/b25-23-. The molecule has 0 aromatic heterocycles. The number of ketones is 1. The molecule has 3 aromatic rings. The molecule has 1 saturated heterocycles. The van der Waals surface area contributed by atoms with Gasteiger partial charge in [-0.1, -0.05) is 61.4 Å². The summed E-state index contributed by atoms with van der Waals surface area (Å²) in [5.74, 6) is -0.657. The summed E-state index contributed by atoms with van der Waals surface area (Å²) < 4.78 is 5.39. The molecule has 32 heavy (non-hydrogen) atoms. The van der Waals surface area contributed by atoms with Crippen molar-refractivity contribution in [1.29, 1.82) is 0 Å². The number of hydrogen-bond donors (Lipinski definition) is 1. The summed E-state index contributed by atoms with van der Waals surface area (Å²) in [5.41, 5.74) is 1.43. The number of hydrogen-bond acceptors (Lipinski definition) is 4. The first-order chi connectivity index (χ1) is 15.6. The van der Waals surface area contributed by atoms with Crippen LogP contribution in [0.3, 0.4) is 0 Å². The number of rotatable bonds is 4. The van der Waals surface area contributed by atoms with Gasteiger partial charge in [-0.3, -0.25) is 9.59 Å². The molecular formula is C27H25NO4. The summed E-state index contributed by atoms with van der Waals surface area (Å²) in [6.45, 7) is 0. The Morgan fingerprint density at radius 2 is 1.69 bits per heavy atom. The summed E-state index contributed by atoms with van der Waals surface area (Å²) >= 11 is 0. The number of aliphatic hydroxyl groups is 1. The molecule has 5 heteroatoms. The normalized spacial score (nSPS) is 20.9. The fourth-order valence-electron chi connectivity index (χ4n) is 5.04. The van der Waals surface area contributed by atoms with Crippen molar-refractivity contribution < 1.29 is 19.4 Å². The van der Waals surface area contributed by atoms with Gasteiger partial charge in [-0.2, -0.15) is 0 Å². The van der Waals surface area contributed by atoms with Crippen LogP contribution in [-0.2, 0) is 9.59 Å². The van der Waals surface area contributed by atoms with Crippen molar-refractivity contribution in [3.05, 3.63) is 83.4 Å². The van der Waals surface area contributed by atoms with Crippen molar-refractivity contribution in [2.75, 3.05) is 7.11 Å². The van der Waals surface area contributed by atoms with Crippen LogP contribution < -0.4 is 4.74 Å². The lowest BCUT2D eigenvalue weighted by Crippen LogP contribution is -2.37. The number of likely N-dealkylation sites (tertiary alicyclic amines) is 1. The second-order valence-corrected chi connectivity index (χ2v) is 8.48. The molecule has 0 radical (unpaired) electrons. The molecule has 162 valence electrons. The van der Waals surface area contributed by atoms with E-state index in [-0.39, 0.29) is 17.4 Å². The first-order valence-corrected chi connectivity index (χ1v) is 11.0. The number of carbonyl (C=O) groups is 2. The maximum atomic E-state index is 13.2. The minimum Gasteiger partial charge on any atom is -0.507 e. The van der Waals surface area contributed by atoms with E-state index in [1.54, 1.807) is 18.1 Å². The van der Waals surface area contributed by atoms with E-state index in [4.69, 9.17) is 4.74 Å². The summed E-state index contributed by atoms with van der Waals surface area (Å²) in [7, 11) is 1.59. The van der Waals surface area contributed by atoms with E-state index in [1.807, 2.05) is 60.7 Å². The van der Waals surface area contributed by atoms with Crippen LogP contribution in [0.1, 0.15) is 42.9 Å². The van der Waals surface area contributed by atoms with Crippen molar-refractivity contribution in [2.45, 2.75) is 37.8 Å². The third-order valence-corrected chi connectivity index (χ3v) is 6.63. The van der Waals surface area contributed by atoms with E-state index < -0.39 is 17.7 Å². The number of carbonyl (C=O) groups excluding carboxylic acids is 2. The fourth-order valence-corrected chi connectivity index (χ4v) is 5.04. The largest absolute Gasteiger partial charge is 0.507 e.